The molecule has 5 heteroatoms. The number of rotatable bonds is 4. The highest BCUT2D eigenvalue weighted by atomic mass is 79.9. The summed E-state index contributed by atoms with van der Waals surface area (Å²) in [5.41, 5.74) is 6.43. The van der Waals surface area contributed by atoms with Crippen LogP contribution >= 0.6 is 27.5 Å². The first kappa shape index (κ1) is 14.5. The normalized spacial score (nSPS) is 12.6. The van der Waals surface area contributed by atoms with Crippen molar-refractivity contribution in [2.24, 2.45) is 11.7 Å². The number of hydrogen-bond donors (Lipinski definition) is 2. The van der Waals surface area contributed by atoms with Gasteiger partial charge in [-0.1, -0.05) is 31.5 Å². The van der Waals surface area contributed by atoms with Gasteiger partial charge in [-0.05, 0) is 40.4 Å². The van der Waals surface area contributed by atoms with Crippen molar-refractivity contribution in [3.8, 4) is 0 Å². The summed E-state index contributed by atoms with van der Waals surface area (Å²) in [5.74, 6) is 0.195. The molecule has 0 aromatic heterocycles. The number of benzene rings is 1. The second-order valence-electron chi connectivity index (χ2n) is 4.33. The molecule has 0 fully saturated rings. The van der Waals surface area contributed by atoms with E-state index in [-0.39, 0.29) is 5.91 Å². The molecule has 3 nitrogen and oxygen atoms in total. The molecular weight excluding hydrogens is 304 g/mol. The van der Waals surface area contributed by atoms with Crippen molar-refractivity contribution in [2.45, 2.75) is 26.3 Å². The van der Waals surface area contributed by atoms with Crippen LogP contribution in [0.2, 0.25) is 5.02 Å². The van der Waals surface area contributed by atoms with Gasteiger partial charge in [0.15, 0.2) is 0 Å². The van der Waals surface area contributed by atoms with Gasteiger partial charge in [0.1, 0.15) is 0 Å². The first-order valence-electron chi connectivity index (χ1n) is 5.42. The van der Waals surface area contributed by atoms with Crippen LogP contribution in [0.15, 0.2) is 22.7 Å². The number of anilines is 1. The van der Waals surface area contributed by atoms with E-state index in [9.17, 15) is 4.79 Å². The molecule has 0 spiro atoms. The second-order valence-corrected chi connectivity index (χ2v) is 5.53. The summed E-state index contributed by atoms with van der Waals surface area (Å²) in [6.07, 6.45) is 0.657. The number of carbonyl (C=O) groups excluding carboxylic acids is 1. The molecule has 17 heavy (non-hydrogen) atoms. The number of carbonyl (C=O) groups is 1. The summed E-state index contributed by atoms with van der Waals surface area (Å²) in [6.45, 7) is 4.06. The SMILES string of the molecule is CC(C)C[C@@H](N)C(=O)Nc1cccc(Cl)c1Br. The Morgan fingerprint density at radius 3 is 2.76 bits per heavy atom. The fraction of sp³-hybridized carbons (Fsp3) is 0.417. The average molecular weight is 320 g/mol. The lowest BCUT2D eigenvalue weighted by Crippen LogP contribution is -2.36. The van der Waals surface area contributed by atoms with E-state index in [1.54, 1.807) is 18.2 Å². The first-order chi connectivity index (χ1) is 7.91. The zero-order valence-electron chi connectivity index (χ0n) is 9.84. The van der Waals surface area contributed by atoms with E-state index >= 15 is 0 Å². The molecule has 1 rings (SSSR count). The van der Waals surface area contributed by atoms with Gasteiger partial charge in [0.05, 0.1) is 21.2 Å². The molecule has 1 aromatic rings. The van der Waals surface area contributed by atoms with Crippen molar-refractivity contribution in [2.75, 3.05) is 5.32 Å². The van der Waals surface area contributed by atoms with Crippen molar-refractivity contribution in [1.29, 1.82) is 0 Å². The Labute approximate surface area is 115 Å². The molecule has 0 aliphatic rings. The van der Waals surface area contributed by atoms with E-state index in [1.807, 2.05) is 13.8 Å². The summed E-state index contributed by atoms with van der Waals surface area (Å²) >= 11 is 9.25. The molecule has 1 atom stereocenters. The zero-order valence-corrected chi connectivity index (χ0v) is 12.2. The van der Waals surface area contributed by atoms with E-state index < -0.39 is 6.04 Å². The van der Waals surface area contributed by atoms with Gasteiger partial charge in [0.2, 0.25) is 5.91 Å². The molecule has 0 saturated carbocycles. The van der Waals surface area contributed by atoms with E-state index in [2.05, 4.69) is 21.2 Å². The van der Waals surface area contributed by atoms with Crippen LogP contribution < -0.4 is 11.1 Å². The van der Waals surface area contributed by atoms with Gasteiger partial charge in [0.25, 0.3) is 0 Å². The Morgan fingerprint density at radius 2 is 2.18 bits per heavy atom. The topological polar surface area (TPSA) is 55.1 Å². The van der Waals surface area contributed by atoms with Crippen LogP contribution in [-0.4, -0.2) is 11.9 Å². The van der Waals surface area contributed by atoms with Gasteiger partial charge in [-0.3, -0.25) is 4.79 Å². The van der Waals surface area contributed by atoms with Crippen molar-refractivity contribution >= 4 is 39.1 Å². The maximum absolute atomic E-state index is 11.8. The maximum Gasteiger partial charge on any atom is 0.241 e. The molecule has 0 saturated heterocycles. The fourth-order valence-corrected chi connectivity index (χ4v) is 1.98. The van der Waals surface area contributed by atoms with Crippen LogP contribution in [0, 0.1) is 5.92 Å². The Hall–Kier alpha value is -0.580. The third-order valence-corrected chi connectivity index (χ3v) is 3.67. The zero-order chi connectivity index (χ0) is 13.0. The minimum Gasteiger partial charge on any atom is -0.324 e. The van der Waals surface area contributed by atoms with Crippen molar-refractivity contribution < 1.29 is 4.79 Å². The van der Waals surface area contributed by atoms with Crippen LogP contribution in [-0.2, 0) is 4.79 Å². The number of halogens is 2. The highest BCUT2D eigenvalue weighted by Gasteiger charge is 2.16. The molecule has 0 heterocycles. The van der Waals surface area contributed by atoms with Gasteiger partial charge in [-0.25, -0.2) is 0 Å². The van der Waals surface area contributed by atoms with Crippen molar-refractivity contribution in [3.05, 3.63) is 27.7 Å². The van der Waals surface area contributed by atoms with E-state index in [0.29, 0.717) is 27.5 Å². The Kier molecular flexibility index (Phi) is 5.43. The van der Waals surface area contributed by atoms with Crippen LogP contribution in [0.1, 0.15) is 20.3 Å². The molecular formula is C12H16BrClN2O. The lowest BCUT2D eigenvalue weighted by Gasteiger charge is -2.15. The minimum absolute atomic E-state index is 0.193. The third-order valence-electron chi connectivity index (χ3n) is 2.27. The minimum atomic E-state index is -0.499. The average Bonchev–Trinajstić information content (AvgIpc) is 2.23. The fourth-order valence-electron chi connectivity index (χ4n) is 1.44. The Balaban J connectivity index is 2.71. The molecule has 0 bridgehead atoms. The standard InChI is InChI=1S/C12H16BrClN2O/c1-7(2)6-9(15)12(17)16-10-5-3-4-8(14)11(10)13/h3-5,7,9H,6,15H2,1-2H3,(H,16,17)/t9-/m1/s1. The third kappa shape index (κ3) is 4.30. The lowest BCUT2D eigenvalue weighted by atomic mass is 10.0. The first-order valence-corrected chi connectivity index (χ1v) is 6.59. The van der Waals surface area contributed by atoms with Gasteiger partial charge >= 0.3 is 0 Å². The van der Waals surface area contributed by atoms with Crippen LogP contribution in [0.3, 0.4) is 0 Å². The van der Waals surface area contributed by atoms with Gasteiger partial charge in [0, 0.05) is 0 Å². The largest absolute Gasteiger partial charge is 0.324 e. The molecule has 94 valence electrons. The van der Waals surface area contributed by atoms with Gasteiger partial charge in [-0.15, -0.1) is 0 Å². The molecule has 3 N–H and O–H groups in total. The monoisotopic (exact) mass is 318 g/mol. The van der Waals surface area contributed by atoms with Crippen molar-refractivity contribution in [3.63, 3.8) is 0 Å². The summed E-state index contributed by atoms with van der Waals surface area (Å²) in [5, 5.41) is 3.32. The molecule has 1 amide bonds. The summed E-state index contributed by atoms with van der Waals surface area (Å²) < 4.78 is 0.673. The molecule has 0 unspecified atom stereocenters. The van der Waals surface area contributed by atoms with Crippen LogP contribution in [0.5, 0.6) is 0 Å². The van der Waals surface area contributed by atoms with E-state index in [0.717, 1.165) is 0 Å². The Morgan fingerprint density at radius 1 is 1.53 bits per heavy atom. The van der Waals surface area contributed by atoms with Crippen molar-refractivity contribution in [1.82, 2.24) is 0 Å². The summed E-state index contributed by atoms with van der Waals surface area (Å²) in [6, 6.07) is 4.79. The number of amides is 1. The summed E-state index contributed by atoms with van der Waals surface area (Å²) in [4.78, 5) is 11.8. The van der Waals surface area contributed by atoms with Crippen LogP contribution in [0.25, 0.3) is 0 Å². The quantitative estimate of drug-likeness (QED) is 0.893. The smallest absolute Gasteiger partial charge is 0.241 e. The predicted octanol–water partition coefficient (Wildman–Crippen LogP) is 3.41. The van der Waals surface area contributed by atoms with Gasteiger partial charge in [-0.2, -0.15) is 0 Å². The van der Waals surface area contributed by atoms with E-state index in [4.69, 9.17) is 17.3 Å². The van der Waals surface area contributed by atoms with Gasteiger partial charge < -0.3 is 11.1 Å². The Bertz CT molecular complexity index is 409. The molecule has 0 aliphatic carbocycles. The molecule has 1 aromatic carbocycles. The van der Waals surface area contributed by atoms with E-state index in [1.165, 1.54) is 0 Å². The highest BCUT2D eigenvalue weighted by Crippen LogP contribution is 2.30. The summed E-state index contributed by atoms with van der Waals surface area (Å²) in [7, 11) is 0. The number of hydrogen-bond acceptors (Lipinski definition) is 2. The number of nitrogens with two attached hydrogens (primary N) is 1. The maximum atomic E-state index is 11.8. The second kappa shape index (κ2) is 6.38. The lowest BCUT2D eigenvalue weighted by molar-refractivity contribution is -0.117. The molecule has 0 aliphatic heterocycles. The predicted molar refractivity (Wildman–Crippen MR) is 75.2 cm³/mol. The molecule has 0 radical (unpaired) electrons. The van der Waals surface area contributed by atoms with Crippen LogP contribution in [0.4, 0.5) is 5.69 Å². The number of nitrogens with one attached hydrogen (secondary N) is 1. The highest BCUT2D eigenvalue weighted by molar-refractivity contribution is 9.10.